The van der Waals surface area contributed by atoms with Gasteiger partial charge in [0.05, 0.1) is 10.7 Å². The first-order valence-electron chi connectivity index (χ1n) is 12.6. The number of hydrogen-bond donors (Lipinski definition) is 2. The molecule has 8 heteroatoms. The second-order valence-electron chi connectivity index (χ2n) is 9.16. The number of carbonyl (C=O) groups is 2. The van der Waals surface area contributed by atoms with Gasteiger partial charge in [0, 0.05) is 43.0 Å². The Morgan fingerprint density at radius 2 is 1.33 bits per heavy atom. The van der Waals surface area contributed by atoms with Gasteiger partial charge in [0.15, 0.2) is 5.11 Å². The predicted molar refractivity (Wildman–Crippen MR) is 162 cm³/mol. The summed E-state index contributed by atoms with van der Waals surface area (Å²) in [5.74, 6) is -0.249. The number of halogens is 1. The summed E-state index contributed by atoms with van der Waals surface area (Å²) in [5.41, 5.74) is 4.90. The Bertz CT molecular complexity index is 1470. The number of hydrogen-bond acceptors (Lipinski definition) is 4. The number of rotatable bonds is 5. The standard InChI is InChI=1S/C31H27ClN4O2S/c32-27-21-26(15-16-28(27)35-17-19-36(20-18-35)30(38)25-9-5-2-6-10-25)33-31(39)34-29(37)24-13-11-23(12-14-24)22-7-3-1-4-8-22/h1-16,21H,17-20H2,(H2,33,34,37,39). The molecular weight excluding hydrogens is 528 g/mol. The van der Waals surface area contributed by atoms with Gasteiger partial charge in [0.25, 0.3) is 11.8 Å². The van der Waals surface area contributed by atoms with Crippen molar-refractivity contribution in [1.82, 2.24) is 10.2 Å². The molecule has 1 aliphatic rings. The number of piperazine rings is 1. The van der Waals surface area contributed by atoms with Crippen LogP contribution in [0.4, 0.5) is 11.4 Å². The summed E-state index contributed by atoms with van der Waals surface area (Å²) in [6.07, 6.45) is 0. The lowest BCUT2D eigenvalue weighted by Crippen LogP contribution is -2.48. The quantitative estimate of drug-likeness (QED) is 0.292. The fraction of sp³-hybridized carbons (Fsp3) is 0.129. The third-order valence-electron chi connectivity index (χ3n) is 6.62. The van der Waals surface area contributed by atoms with Crippen molar-refractivity contribution in [3.63, 3.8) is 0 Å². The highest BCUT2D eigenvalue weighted by Gasteiger charge is 2.23. The van der Waals surface area contributed by atoms with Gasteiger partial charge < -0.3 is 15.1 Å². The molecule has 0 radical (unpaired) electrons. The number of nitrogens with zero attached hydrogens (tertiary/aromatic N) is 2. The lowest BCUT2D eigenvalue weighted by molar-refractivity contribution is 0.0746. The van der Waals surface area contributed by atoms with E-state index in [4.69, 9.17) is 23.8 Å². The largest absolute Gasteiger partial charge is 0.367 e. The molecule has 5 rings (SSSR count). The molecule has 4 aromatic carbocycles. The first-order valence-corrected chi connectivity index (χ1v) is 13.4. The molecule has 1 aliphatic heterocycles. The van der Waals surface area contributed by atoms with E-state index in [2.05, 4.69) is 15.5 Å². The van der Waals surface area contributed by atoms with Crippen LogP contribution in [0.15, 0.2) is 103 Å². The smallest absolute Gasteiger partial charge is 0.257 e. The van der Waals surface area contributed by atoms with E-state index in [1.54, 1.807) is 18.2 Å². The third kappa shape index (κ3) is 6.45. The van der Waals surface area contributed by atoms with Crippen LogP contribution in [-0.2, 0) is 0 Å². The van der Waals surface area contributed by atoms with E-state index < -0.39 is 0 Å². The van der Waals surface area contributed by atoms with Gasteiger partial charge in [-0.15, -0.1) is 0 Å². The van der Waals surface area contributed by atoms with E-state index in [1.807, 2.05) is 89.8 Å². The van der Waals surface area contributed by atoms with Crippen molar-refractivity contribution in [1.29, 1.82) is 0 Å². The Balaban J connectivity index is 1.14. The molecule has 0 saturated carbocycles. The van der Waals surface area contributed by atoms with E-state index in [9.17, 15) is 9.59 Å². The van der Waals surface area contributed by atoms with Crippen LogP contribution in [0.5, 0.6) is 0 Å². The summed E-state index contributed by atoms with van der Waals surface area (Å²) >= 11 is 12.0. The minimum atomic E-state index is -0.294. The first-order chi connectivity index (χ1) is 19.0. The van der Waals surface area contributed by atoms with Crippen LogP contribution >= 0.6 is 23.8 Å². The summed E-state index contributed by atoms with van der Waals surface area (Å²) in [6, 6.07) is 32.3. The molecule has 39 heavy (non-hydrogen) atoms. The molecule has 2 amide bonds. The number of carbonyl (C=O) groups excluding carboxylic acids is 2. The second-order valence-corrected chi connectivity index (χ2v) is 9.98. The van der Waals surface area contributed by atoms with Crippen LogP contribution in [-0.4, -0.2) is 48.0 Å². The molecule has 2 N–H and O–H groups in total. The lowest BCUT2D eigenvalue weighted by Gasteiger charge is -2.36. The maximum atomic E-state index is 12.7. The monoisotopic (exact) mass is 554 g/mol. The van der Waals surface area contributed by atoms with Gasteiger partial charge >= 0.3 is 0 Å². The number of nitrogens with one attached hydrogen (secondary N) is 2. The molecule has 0 unspecified atom stereocenters. The molecule has 0 atom stereocenters. The van der Waals surface area contributed by atoms with E-state index >= 15 is 0 Å². The second kappa shape index (κ2) is 12.1. The van der Waals surface area contributed by atoms with E-state index in [1.165, 1.54) is 0 Å². The van der Waals surface area contributed by atoms with Crippen LogP contribution < -0.4 is 15.5 Å². The molecule has 0 aliphatic carbocycles. The SMILES string of the molecule is O=C(NC(=S)Nc1ccc(N2CCN(C(=O)c3ccccc3)CC2)c(Cl)c1)c1ccc(-c2ccccc2)cc1. The molecule has 1 fully saturated rings. The summed E-state index contributed by atoms with van der Waals surface area (Å²) in [5, 5.41) is 6.50. The van der Waals surface area contributed by atoms with Crippen LogP contribution in [0.3, 0.4) is 0 Å². The fourth-order valence-electron chi connectivity index (χ4n) is 4.54. The minimum absolute atomic E-state index is 0.0450. The van der Waals surface area contributed by atoms with Crippen LogP contribution in [0.2, 0.25) is 5.02 Å². The fourth-order valence-corrected chi connectivity index (χ4v) is 5.05. The Morgan fingerprint density at radius 1 is 0.718 bits per heavy atom. The average Bonchev–Trinajstić information content (AvgIpc) is 2.98. The van der Waals surface area contributed by atoms with Gasteiger partial charge in [-0.3, -0.25) is 14.9 Å². The number of thiocarbonyl (C=S) groups is 1. The molecule has 0 bridgehead atoms. The van der Waals surface area contributed by atoms with Crippen LogP contribution in [0.1, 0.15) is 20.7 Å². The maximum absolute atomic E-state index is 12.7. The zero-order chi connectivity index (χ0) is 27.2. The van der Waals surface area contributed by atoms with Crippen molar-refractivity contribution in [3.8, 4) is 11.1 Å². The predicted octanol–water partition coefficient (Wildman–Crippen LogP) is 6.10. The zero-order valence-corrected chi connectivity index (χ0v) is 22.7. The molecule has 196 valence electrons. The van der Waals surface area contributed by atoms with Gasteiger partial charge in [-0.2, -0.15) is 0 Å². The third-order valence-corrected chi connectivity index (χ3v) is 7.12. The first kappa shape index (κ1) is 26.4. The van der Waals surface area contributed by atoms with Gasteiger partial charge in [-0.25, -0.2) is 0 Å². The number of anilines is 2. The number of amides is 2. The zero-order valence-electron chi connectivity index (χ0n) is 21.1. The van der Waals surface area contributed by atoms with Gasteiger partial charge in [0.2, 0.25) is 0 Å². The highest BCUT2D eigenvalue weighted by molar-refractivity contribution is 7.80. The van der Waals surface area contributed by atoms with Crippen LogP contribution in [0.25, 0.3) is 11.1 Å². The van der Waals surface area contributed by atoms with E-state index in [0.29, 0.717) is 48.0 Å². The van der Waals surface area contributed by atoms with Crippen molar-refractivity contribution in [3.05, 3.63) is 119 Å². The normalized spacial score (nSPS) is 13.1. The molecule has 4 aromatic rings. The lowest BCUT2D eigenvalue weighted by atomic mass is 10.0. The summed E-state index contributed by atoms with van der Waals surface area (Å²) in [4.78, 5) is 29.4. The van der Waals surface area contributed by atoms with Crippen molar-refractivity contribution in [2.24, 2.45) is 0 Å². The minimum Gasteiger partial charge on any atom is -0.367 e. The topological polar surface area (TPSA) is 64.7 Å². The van der Waals surface area contributed by atoms with Crippen LogP contribution in [0, 0.1) is 0 Å². The van der Waals surface area contributed by atoms with E-state index in [0.717, 1.165) is 16.8 Å². The highest BCUT2D eigenvalue weighted by atomic mass is 35.5. The number of benzene rings is 4. The Morgan fingerprint density at radius 3 is 1.97 bits per heavy atom. The van der Waals surface area contributed by atoms with Gasteiger partial charge in [-0.05, 0) is 65.8 Å². The Kier molecular flexibility index (Phi) is 8.20. The van der Waals surface area contributed by atoms with Crippen molar-refractivity contribution >= 4 is 52.1 Å². The maximum Gasteiger partial charge on any atom is 0.257 e. The molecule has 0 spiro atoms. The summed E-state index contributed by atoms with van der Waals surface area (Å²) in [6.45, 7) is 2.60. The highest BCUT2D eigenvalue weighted by Crippen LogP contribution is 2.30. The molecule has 6 nitrogen and oxygen atoms in total. The summed E-state index contributed by atoms with van der Waals surface area (Å²) in [7, 11) is 0. The molecular formula is C31H27ClN4O2S. The Hall–Kier alpha value is -4.20. The molecule has 1 saturated heterocycles. The van der Waals surface area contributed by atoms with Crippen molar-refractivity contribution in [2.75, 3.05) is 36.4 Å². The van der Waals surface area contributed by atoms with Gasteiger partial charge in [0.1, 0.15) is 0 Å². The molecule has 1 heterocycles. The van der Waals surface area contributed by atoms with Crippen molar-refractivity contribution in [2.45, 2.75) is 0 Å². The van der Waals surface area contributed by atoms with Crippen molar-refractivity contribution < 1.29 is 9.59 Å². The Labute approximate surface area is 238 Å². The summed E-state index contributed by atoms with van der Waals surface area (Å²) < 4.78 is 0. The average molecular weight is 555 g/mol. The van der Waals surface area contributed by atoms with E-state index in [-0.39, 0.29) is 16.9 Å². The molecule has 0 aromatic heterocycles. The van der Waals surface area contributed by atoms with Gasteiger partial charge in [-0.1, -0.05) is 72.3 Å².